The number of hydrogen-bond acceptors (Lipinski definition) is 1. The molecule has 2 nitrogen and oxygen atoms in total. The van der Waals surface area contributed by atoms with Crippen LogP contribution in [0.3, 0.4) is 0 Å². The van der Waals surface area contributed by atoms with E-state index in [4.69, 9.17) is 34.8 Å². The molecule has 1 aromatic rings. The van der Waals surface area contributed by atoms with Gasteiger partial charge in [-0.3, -0.25) is 4.79 Å². The molecule has 1 rings (SSSR count). The van der Waals surface area contributed by atoms with Crippen molar-refractivity contribution in [1.29, 1.82) is 0 Å². The van der Waals surface area contributed by atoms with Crippen LogP contribution >= 0.6 is 34.8 Å². The molecule has 0 heterocycles. The average Bonchev–Trinajstić information content (AvgIpc) is 2.10. The predicted octanol–water partition coefficient (Wildman–Crippen LogP) is 4.07. The number of carbonyl (C=O) groups is 1. The largest absolute Gasteiger partial charge is 0.322 e. The third kappa shape index (κ3) is 4.12. The van der Waals surface area contributed by atoms with Crippen LogP contribution in [0.15, 0.2) is 29.3 Å². The van der Waals surface area contributed by atoms with Gasteiger partial charge in [0.05, 0.1) is 10.0 Å². The van der Waals surface area contributed by atoms with Crippen molar-refractivity contribution in [3.8, 4) is 0 Å². The van der Waals surface area contributed by atoms with Crippen molar-refractivity contribution in [3.05, 3.63) is 39.4 Å². The van der Waals surface area contributed by atoms with Gasteiger partial charge < -0.3 is 5.32 Å². The number of hydrogen-bond donors (Lipinski definition) is 1. The Kier molecular flexibility index (Phi) is 4.45. The van der Waals surface area contributed by atoms with E-state index >= 15 is 0 Å². The molecule has 80 valence electrons. The molecule has 1 N–H and O–H groups in total. The van der Waals surface area contributed by atoms with Crippen LogP contribution in [0, 0.1) is 0 Å². The summed E-state index contributed by atoms with van der Waals surface area (Å²) >= 11 is 17.1. The summed E-state index contributed by atoms with van der Waals surface area (Å²) in [7, 11) is 0. The molecule has 1 aromatic carbocycles. The number of anilines is 1. The van der Waals surface area contributed by atoms with E-state index < -0.39 is 0 Å². The van der Waals surface area contributed by atoms with Gasteiger partial charge >= 0.3 is 0 Å². The highest BCUT2D eigenvalue weighted by Gasteiger charge is 2.02. The molecule has 15 heavy (non-hydrogen) atoms. The van der Waals surface area contributed by atoms with E-state index in [1.54, 1.807) is 25.1 Å². The topological polar surface area (TPSA) is 29.1 Å². The van der Waals surface area contributed by atoms with Gasteiger partial charge in [0.1, 0.15) is 0 Å². The average molecular weight is 265 g/mol. The fourth-order valence-electron chi connectivity index (χ4n) is 0.933. The Balaban J connectivity index is 2.78. The molecule has 0 unspecified atom stereocenters. The molecule has 0 bridgehead atoms. The Morgan fingerprint density at radius 2 is 2.00 bits per heavy atom. The lowest BCUT2D eigenvalue weighted by Crippen LogP contribution is -2.07. The maximum Gasteiger partial charge on any atom is 0.249 e. The number of rotatable bonds is 2. The molecule has 0 fully saturated rings. The highest BCUT2D eigenvalue weighted by Crippen LogP contribution is 2.24. The van der Waals surface area contributed by atoms with Crippen LogP contribution in [0.2, 0.25) is 10.0 Å². The molecule has 0 saturated heterocycles. The Hall–Kier alpha value is -0.700. The number of halogens is 3. The molecule has 0 aromatic heterocycles. The summed E-state index contributed by atoms with van der Waals surface area (Å²) in [5.41, 5.74) is 0.573. The summed E-state index contributed by atoms with van der Waals surface area (Å²) in [6, 6.07) is 4.83. The zero-order valence-corrected chi connectivity index (χ0v) is 10.1. The van der Waals surface area contributed by atoms with Gasteiger partial charge in [-0.2, -0.15) is 0 Å². The molecular formula is C10H8Cl3NO. The monoisotopic (exact) mass is 263 g/mol. The molecule has 0 saturated carbocycles. The Morgan fingerprint density at radius 1 is 1.33 bits per heavy atom. The normalized spacial score (nSPS) is 11.3. The summed E-state index contributed by atoms with van der Waals surface area (Å²) in [4.78, 5) is 11.3. The number of carbonyl (C=O) groups excluding carboxylic acids is 1. The maximum absolute atomic E-state index is 11.3. The zero-order chi connectivity index (χ0) is 11.4. The summed E-state index contributed by atoms with van der Waals surface area (Å²) in [5, 5.41) is 3.84. The van der Waals surface area contributed by atoms with E-state index in [9.17, 15) is 4.79 Å². The second-order valence-electron chi connectivity index (χ2n) is 2.85. The van der Waals surface area contributed by atoms with Crippen LogP contribution in [0.5, 0.6) is 0 Å². The molecule has 0 spiro atoms. The van der Waals surface area contributed by atoms with Crippen molar-refractivity contribution in [2.75, 3.05) is 5.32 Å². The number of benzene rings is 1. The smallest absolute Gasteiger partial charge is 0.249 e. The Morgan fingerprint density at radius 3 is 2.53 bits per heavy atom. The standard InChI is InChI=1S/C10H8Cl3NO/c1-6(11)4-10(15)14-7-2-3-8(12)9(13)5-7/h2-5H,1H3,(H,14,15)/b6-4+. The van der Waals surface area contributed by atoms with Gasteiger partial charge in [-0.05, 0) is 25.1 Å². The molecule has 1 amide bonds. The summed E-state index contributed by atoms with van der Waals surface area (Å²) in [5.74, 6) is -0.305. The van der Waals surface area contributed by atoms with Crippen molar-refractivity contribution in [2.24, 2.45) is 0 Å². The fourth-order valence-corrected chi connectivity index (χ4v) is 1.33. The summed E-state index contributed by atoms with van der Waals surface area (Å²) in [6.07, 6.45) is 1.28. The lowest BCUT2D eigenvalue weighted by Gasteiger charge is -2.03. The summed E-state index contributed by atoms with van der Waals surface area (Å²) < 4.78 is 0. The second-order valence-corrected chi connectivity index (χ2v) is 4.26. The van der Waals surface area contributed by atoms with Crippen LogP contribution < -0.4 is 5.32 Å². The quantitative estimate of drug-likeness (QED) is 0.801. The Labute approximate surface area is 103 Å². The van der Waals surface area contributed by atoms with Gasteiger partial charge in [0.2, 0.25) is 5.91 Å². The van der Waals surface area contributed by atoms with Gasteiger partial charge in [-0.15, -0.1) is 0 Å². The number of amides is 1. The highest BCUT2D eigenvalue weighted by molar-refractivity contribution is 6.42. The van der Waals surface area contributed by atoms with Crippen LogP contribution in [0.4, 0.5) is 5.69 Å². The van der Waals surface area contributed by atoms with Gasteiger partial charge in [-0.25, -0.2) is 0 Å². The van der Waals surface area contributed by atoms with E-state index in [0.717, 1.165) is 0 Å². The first-order valence-electron chi connectivity index (χ1n) is 4.09. The van der Waals surface area contributed by atoms with Crippen molar-refractivity contribution in [1.82, 2.24) is 0 Å². The van der Waals surface area contributed by atoms with Gasteiger partial charge in [0.15, 0.2) is 0 Å². The van der Waals surface area contributed by atoms with E-state index in [0.29, 0.717) is 20.8 Å². The molecule has 0 aliphatic rings. The minimum absolute atomic E-state index is 0.305. The third-order valence-corrected chi connectivity index (χ3v) is 2.37. The van der Waals surface area contributed by atoms with E-state index in [2.05, 4.69) is 5.32 Å². The molecule has 0 aliphatic heterocycles. The van der Waals surface area contributed by atoms with Crippen LogP contribution in [-0.2, 0) is 4.79 Å². The molecular weight excluding hydrogens is 256 g/mol. The molecule has 0 atom stereocenters. The first-order valence-corrected chi connectivity index (χ1v) is 5.22. The van der Waals surface area contributed by atoms with Gasteiger partial charge in [0, 0.05) is 16.8 Å². The van der Waals surface area contributed by atoms with Crippen molar-refractivity contribution in [3.63, 3.8) is 0 Å². The maximum atomic E-state index is 11.3. The van der Waals surface area contributed by atoms with E-state index in [1.165, 1.54) is 6.08 Å². The summed E-state index contributed by atoms with van der Waals surface area (Å²) in [6.45, 7) is 1.62. The SMILES string of the molecule is C/C(Cl)=C\C(=O)Nc1ccc(Cl)c(Cl)c1. The second kappa shape index (κ2) is 5.40. The van der Waals surface area contributed by atoms with E-state index in [1.807, 2.05) is 0 Å². The van der Waals surface area contributed by atoms with Crippen molar-refractivity contribution < 1.29 is 4.79 Å². The fraction of sp³-hybridized carbons (Fsp3) is 0.100. The predicted molar refractivity (Wildman–Crippen MR) is 64.7 cm³/mol. The van der Waals surface area contributed by atoms with E-state index in [-0.39, 0.29) is 5.91 Å². The van der Waals surface area contributed by atoms with Gasteiger partial charge in [0.25, 0.3) is 0 Å². The zero-order valence-electron chi connectivity index (χ0n) is 7.85. The van der Waals surface area contributed by atoms with Crippen LogP contribution in [0.25, 0.3) is 0 Å². The lowest BCUT2D eigenvalue weighted by molar-refractivity contribution is -0.111. The first kappa shape index (κ1) is 12.4. The number of allylic oxidation sites excluding steroid dienone is 1. The first-order chi connectivity index (χ1) is 6.99. The molecule has 5 heteroatoms. The minimum atomic E-state index is -0.305. The third-order valence-electron chi connectivity index (χ3n) is 1.52. The Bertz CT molecular complexity index is 411. The highest BCUT2D eigenvalue weighted by atomic mass is 35.5. The number of nitrogens with one attached hydrogen (secondary N) is 1. The van der Waals surface area contributed by atoms with Crippen molar-refractivity contribution in [2.45, 2.75) is 6.92 Å². The minimum Gasteiger partial charge on any atom is -0.322 e. The lowest BCUT2D eigenvalue weighted by atomic mass is 10.3. The van der Waals surface area contributed by atoms with Crippen LogP contribution in [0.1, 0.15) is 6.92 Å². The molecule has 0 radical (unpaired) electrons. The van der Waals surface area contributed by atoms with Crippen LogP contribution in [-0.4, -0.2) is 5.91 Å². The van der Waals surface area contributed by atoms with Crippen molar-refractivity contribution >= 4 is 46.4 Å². The van der Waals surface area contributed by atoms with Gasteiger partial charge in [-0.1, -0.05) is 34.8 Å². The molecule has 0 aliphatic carbocycles.